The van der Waals surface area contributed by atoms with Gasteiger partial charge in [-0.1, -0.05) is 19.8 Å². The predicted molar refractivity (Wildman–Crippen MR) is 68.9 cm³/mol. The quantitative estimate of drug-likeness (QED) is 0.762. The average molecular weight is 242 g/mol. The first-order valence-corrected chi connectivity index (χ1v) is 6.65. The van der Waals surface area contributed by atoms with Gasteiger partial charge in [-0.2, -0.15) is 0 Å². The molecule has 2 atom stereocenters. The second-order valence-corrected chi connectivity index (χ2v) is 5.03. The van der Waals surface area contributed by atoms with Gasteiger partial charge in [0.25, 0.3) is 0 Å². The summed E-state index contributed by atoms with van der Waals surface area (Å²) in [5.41, 5.74) is 0. The Hall–Kier alpha value is -0.610. The maximum Gasteiger partial charge on any atom is 0.248 e. The molecular weight excluding hydrogens is 216 g/mol. The Morgan fingerprint density at radius 3 is 2.76 bits per heavy atom. The van der Waals surface area contributed by atoms with E-state index in [1.807, 2.05) is 14.1 Å². The second kappa shape index (κ2) is 7.67. The molecule has 0 bridgehead atoms. The number of carbonyl (C=O) groups is 1. The van der Waals surface area contributed by atoms with Gasteiger partial charge >= 0.3 is 0 Å². The van der Waals surface area contributed by atoms with Gasteiger partial charge in [-0.05, 0) is 25.8 Å². The fourth-order valence-electron chi connectivity index (χ4n) is 2.22. The first-order valence-electron chi connectivity index (χ1n) is 6.65. The molecule has 100 valence electrons. The van der Waals surface area contributed by atoms with E-state index in [9.17, 15) is 4.79 Å². The molecule has 4 nitrogen and oxygen atoms in total. The Kier molecular flexibility index (Phi) is 6.52. The third kappa shape index (κ3) is 5.04. The van der Waals surface area contributed by atoms with Gasteiger partial charge in [-0.15, -0.1) is 0 Å². The minimum atomic E-state index is 0.0815. The van der Waals surface area contributed by atoms with Crippen LogP contribution in [0.1, 0.15) is 32.6 Å². The summed E-state index contributed by atoms with van der Waals surface area (Å²) in [5.74, 6) is 0.678. The van der Waals surface area contributed by atoms with Crippen LogP contribution in [0.4, 0.5) is 0 Å². The Balaban J connectivity index is 2.22. The van der Waals surface area contributed by atoms with Gasteiger partial charge in [0, 0.05) is 20.1 Å². The summed E-state index contributed by atoms with van der Waals surface area (Å²) in [6.07, 6.45) is 5.16. The number of likely N-dealkylation sites (N-methyl/N-ethyl adjacent to an activating group) is 2. The zero-order chi connectivity index (χ0) is 12.7. The highest BCUT2D eigenvalue weighted by Gasteiger charge is 2.23. The van der Waals surface area contributed by atoms with E-state index in [4.69, 9.17) is 4.74 Å². The molecular formula is C13H26N2O2. The summed E-state index contributed by atoms with van der Waals surface area (Å²) in [5, 5.41) is 3.03. The third-order valence-corrected chi connectivity index (χ3v) is 3.58. The second-order valence-electron chi connectivity index (χ2n) is 5.03. The average Bonchev–Trinajstić information content (AvgIpc) is 2.34. The number of rotatable bonds is 6. The molecule has 1 saturated carbocycles. The van der Waals surface area contributed by atoms with Crippen LogP contribution in [-0.2, 0) is 9.53 Å². The lowest BCUT2D eigenvalue weighted by Crippen LogP contribution is -2.37. The summed E-state index contributed by atoms with van der Waals surface area (Å²) >= 11 is 0. The third-order valence-electron chi connectivity index (χ3n) is 3.58. The lowest BCUT2D eigenvalue weighted by molar-refractivity contribution is -0.138. The highest BCUT2D eigenvalue weighted by molar-refractivity contribution is 5.77. The number of ether oxygens (including phenoxy) is 1. The fourth-order valence-corrected chi connectivity index (χ4v) is 2.22. The highest BCUT2D eigenvalue weighted by atomic mass is 16.5. The zero-order valence-electron chi connectivity index (χ0n) is 11.4. The van der Waals surface area contributed by atoms with Crippen molar-refractivity contribution in [3.63, 3.8) is 0 Å². The van der Waals surface area contributed by atoms with Crippen LogP contribution < -0.4 is 5.32 Å². The van der Waals surface area contributed by atoms with Crippen LogP contribution in [0.3, 0.4) is 0 Å². The van der Waals surface area contributed by atoms with Crippen molar-refractivity contribution in [3.8, 4) is 0 Å². The van der Waals surface area contributed by atoms with Crippen molar-refractivity contribution in [3.05, 3.63) is 0 Å². The van der Waals surface area contributed by atoms with Crippen molar-refractivity contribution < 1.29 is 9.53 Å². The molecule has 0 spiro atoms. The van der Waals surface area contributed by atoms with E-state index in [1.54, 1.807) is 4.90 Å². The largest absolute Gasteiger partial charge is 0.368 e. The molecule has 1 fully saturated rings. The van der Waals surface area contributed by atoms with Gasteiger partial charge < -0.3 is 15.0 Å². The van der Waals surface area contributed by atoms with Crippen molar-refractivity contribution in [1.82, 2.24) is 10.2 Å². The van der Waals surface area contributed by atoms with E-state index < -0.39 is 0 Å². The maximum absolute atomic E-state index is 11.8. The number of hydrogen-bond acceptors (Lipinski definition) is 3. The lowest BCUT2D eigenvalue weighted by Gasteiger charge is -2.29. The zero-order valence-corrected chi connectivity index (χ0v) is 11.4. The molecule has 1 aliphatic carbocycles. The smallest absolute Gasteiger partial charge is 0.248 e. The Morgan fingerprint density at radius 2 is 2.12 bits per heavy atom. The van der Waals surface area contributed by atoms with Crippen molar-refractivity contribution in [2.45, 2.75) is 38.7 Å². The van der Waals surface area contributed by atoms with E-state index in [1.165, 1.54) is 19.3 Å². The first kappa shape index (κ1) is 14.5. The Labute approximate surface area is 105 Å². The summed E-state index contributed by atoms with van der Waals surface area (Å²) in [7, 11) is 3.71. The molecule has 1 rings (SSSR count). The van der Waals surface area contributed by atoms with Crippen molar-refractivity contribution in [1.29, 1.82) is 0 Å². The van der Waals surface area contributed by atoms with Gasteiger partial charge in [0.2, 0.25) is 5.91 Å². The minimum absolute atomic E-state index is 0.0815. The Bertz CT molecular complexity index is 233. The molecule has 0 aromatic heterocycles. The van der Waals surface area contributed by atoms with E-state index in [0.29, 0.717) is 5.92 Å². The van der Waals surface area contributed by atoms with Crippen molar-refractivity contribution in [2.75, 3.05) is 33.8 Å². The fraction of sp³-hybridized carbons (Fsp3) is 0.923. The van der Waals surface area contributed by atoms with E-state index in [2.05, 4.69) is 12.2 Å². The van der Waals surface area contributed by atoms with Gasteiger partial charge in [0.1, 0.15) is 6.61 Å². The molecule has 4 heteroatoms. The summed E-state index contributed by atoms with van der Waals surface area (Å²) in [6, 6.07) is 0. The van der Waals surface area contributed by atoms with Crippen LogP contribution in [0.25, 0.3) is 0 Å². The number of nitrogens with zero attached hydrogens (tertiary/aromatic N) is 1. The lowest BCUT2D eigenvalue weighted by atomic mass is 9.88. The Morgan fingerprint density at radius 1 is 1.41 bits per heavy atom. The maximum atomic E-state index is 11.8. The van der Waals surface area contributed by atoms with Crippen LogP contribution in [0.2, 0.25) is 0 Å². The van der Waals surface area contributed by atoms with Crippen LogP contribution in [0.15, 0.2) is 0 Å². The predicted octanol–water partition coefficient (Wildman–Crippen LogP) is 1.26. The first-order chi connectivity index (χ1) is 8.15. The molecule has 17 heavy (non-hydrogen) atoms. The summed E-state index contributed by atoms with van der Waals surface area (Å²) < 4.78 is 5.75. The standard InChI is InChI=1S/C13H26N2O2/c1-11-6-4-5-7-12(11)17-10-13(16)15(3)9-8-14-2/h11-12,14H,4-10H2,1-3H3. The van der Waals surface area contributed by atoms with Crippen LogP contribution >= 0.6 is 0 Å². The van der Waals surface area contributed by atoms with Gasteiger partial charge in [-0.25, -0.2) is 0 Å². The summed E-state index contributed by atoms with van der Waals surface area (Å²) in [4.78, 5) is 13.5. The van der Waals surface area contributed by atoms with E-state index in [-0.39, 0.29) is 18.6 Å². The normalized spacial score (nSPS) is 24.6. The summed E-state index contributed by atoms with van der Waals surface area (Å²) in [6.45, 7) is 4.01. The number of nitrogens with one attached hydrogen (secondary N) is 1. The molecule has 1 N–H and O–H groups in total. The SMILES string of the molecule is CNCCN(C)C(=O)COC1CCCCC1C. The van der Waals surface area contributed by atoms with E-state index in [0.717, 1.165) is 19.5 Å². The number of amides is 1. The molecule has 0 heterocycles. The molecule has 0 aromatic rings. The topological polar surface area (TPSA) is 41.6 Å². The molecule has 0 saturated heterocycles. The van der Waals surface area contributed by atoms with Crippen LogP contribution in [0.5, 0.6) is 0 Å². The van der Waals surface area contributed by atoms with E-state index >= 15 is 0 Å². The molecule has 0 aliphatic heterocycles. The molecule has 2 unspecified atom stereocenters. The van der Waals surface area contributed by atoms with Gasteiger partial charge in [0.05, 0.1) is 6.10 Å². The van der Waals surface area contributed by atoms with Crippen LogP contribution in [0, 0.1) is 5.92 Å². The monoisotopic (exact) mass is 242 g/mol. The molecule has 0 radical (unpaired) electrons. The minimum Gasteiger partial charge on any atom is -0.368 e. The van der Waals surface area contributed by atoms with Gasteiger partial charge in [0.15, 0.2) is 0 Å². The molecule has 0 aromatic carbocycles. The van der Waals surface area contributed by atoms with Crippen molar-refractivity contribution in [2.24, 2.45) is 5.92 Å². The molecule has 1 aliphatic rings. The molecule has 1 amide bonds. The van der Waals surface area contributed by atoms with Gasteiger partial charge in [-0.3, -0.25) is 4.79 Å². The number of hydrogen-bond donors (Lipinski definition) is 1. The van der Waals surface area contributed by atoms with Crippen LogP contribution in [-0.4, -0.2) is 50.7 Å². The van der Waals surface area contributed by atoms with Crippen molar-refractivity contribution >= 4 is 5.91 Å². The number of carbonyl (C=O) groups excluding carboxylic acids is 1. The highest BCUT2D eigenvalue weighted by Crippen LogP contribution is 2.26.